The molecule has 7 aromatic carbocycles. The van der Waals surface area contributed by atoms with E-state index in [-0.39, 0.29) is 5.41 Å². The fourth-order valence-electron chi connectivity index (χ4n) is 8.30. The van der Waals surface area contributed by atoms with Crippen molar-refractivity contribution in [2.24, 2.45) is 0 Å². The molecule has 0 saturated carbocycles. The molecule has 1 aliphatic rings. The first-order valence-electron chi connectivity index (χ1n) is 18.8. The van der Waals surface area contributed by atoms with E-state index in [0.717, 1.165) is 50.5 Å². The van der Waals surface area contributed by atoms with Crippen LogP contribution in [0, 0.1) is 0 Å². The van der Waals surface area contributed by atoms with Gasteiger partial charge < -0.3 is 0 Å². The van der Waals surface area contributed by atoms with Gasteiger partial charge in [0.15, 0.2) is 5.82 Å². The Hall–Kier alpha value is -6.97. The lowest BCUT2D eigenvalue weighted by molar-refractivity contribution is 0.666. The largest absolute Gasteiger partial charge is 0.256 e. The van der Waals surface area contributed by atoms with Crippen molar-refractivity contribution < 1.29 is 0 Å². The fourth-order valence-corrected chi connectivity index (χ4v) is 8.30. The van der Waals surface area contributed by atoms with Crippen LogP contribution in [0.15, 0.2) is 188 Å². The van der Waals surface area contributed by atoms with E-state index in [1.165, 1.54) is 44.2 Å². The molecule has 10 rings (SSSR count). The molecule has 2 aromatic heterocycles. The molecule has 0 bridgehead atoms. The highest BCUT2D eigenvalue weighted by Gasteiger charge is 2.37. The minimum Gasteiger partial charge on any atom is -0.256 e. The Kier molecular flexibility index (Phi) is 7.81. The molecule has 3 heteroatoms. The van der Waals surface area contributed by atoms with Crippen molar-refractivity contribution in [2.75, 3.05) is 0 Å². The summed E-state index contributed by atoms with van der Waals surface area (Å²) in [6, 6.07) is 64.6. The third-order valence-corrected chi connectivity index (χ3v) is 11.1. The first kappa shape index (κ1) is 32.7. The predicted octanol–water partition coefficient (Wildman–Crippen LogP) is 13.3. The number of hydrogen-bond donors (Lipinski definition) is 0. The van der Waals surface area contributed by atoms with Gasteiger partial charge in [0.05, 0.1) is 17.1 Å². The lowest BCUT2D eigenvalue weighted by Crippen LogP contribution is -2.15. The van der Waals surface area contributed by atoms with Crippen molar-refractivity contribution in [1.29, 1.82) is 0 Å². The van der Waals surface area contributed by atoms with Crippen molar-refractivity contribution in [3.05, 3.63) is 199 Å². The lowest BCUT2D eigenvalue weighted by atomic mass is 9.79. The van der Waals surface area contributed by atoms with Gasteiger partial charge in [-0.05, 0) is 91.7 Å². The van der Waals surface area contributed by atoms with E-state index in [1.807, 2.05) is 42.6 Å². The van der Waals surface area contributed by atoms with Crippen LogP contribution in [-0.2, 0) is 5.41 Å². The zero-order valence-electron chi connectivity index (χ0n) is 30.7. The highest BCUT2D eigenvalue weighted by molar-refractivity contribution is 5.98. The Morgan fingerprint density at radius 2 is 0.945 bits per heavy atom. The molecule has 0 radical (unpaired) electrons. The zero-order chi connectivity index (χ0) is 36.9. The maximum atomic E-state index is 5.12. The van der Waals surface area contributed by atoms with Crippen LogP contribution in [0.25, 0.3) is 89.3 Å². The highest BCUT2D eigenvalue weighted by Crippen LogP contribution is 2.52. The summed E-state index contributed by atoms with van der Waals surface area (Å²) < 4.78 is 0. The van der Waals surface area contributed by atoms with Crippen LogP contribution in [0.2, 0.25) is 0 Å². The van der Waals surface area contributed by atoms with Crippen LogP contribution in [0.1, 0.15) is 25.0 Å². The molecule has 0 unspecified atom stereocenters. The molecule has 0 aliphatic heterocycles. The van der Waals surface area contributed by atoms with Crippen molar-refractivity contribution in [3.63, 3.8) is 0 Å². The van der Waals surface area contributed by atoms with Gasteiger partial charge in [0.25, 0.3) is 0 Å². The summed E-state index contributed by atoms with van der Waals surface area (Å²) in [4.78, 5) is 15.0. The maximum Gasteiger partial charge on any atom is 0.160 e. The lowest BCUT2D eigenvalue weighted by Gasteiger charge is -2.23. The summed E-state index contributed by atoms with van der Waals surface area (Å²) in [5.41, 5.74) is 16.7. The molecular weight excluding hydrogens is 667 g/mol. The van der Waals surface area contributed by atoms with Crippen molar-refractivity contribution in [2.45, 2.75) is 19.3 Å². The van der Waals surface area contributed by atoms with Crippen LogP contribution in [0.5, 0.6) is 0 Å². The third kappa shape index (κ3) is 5.82. The van der Waals surface area contributed by atoms with Crippen molar-refractivity contribution in [1.82, 2.24) is 15.0 Å². The quantitative estimate of drug-likeness (QED) is 0.173. The van der Waals surface area contributed by atoms with Gasteiger partial charge in [0.1, 0.15) is 0 Å². The van der Waals surface area contributed by atoms with E-state index in [1.54, 1.807) is 0 Å². The monoisotopic (exact) mass is 703 g/mol. The van der Waals surface area contributed by atoms with Crippen LogP contribution in [0.4, 0.5) is 0 Å². The minimum atomic E-state index is -0.109. The van der Waals surface area contributed by atoms with Gasteiger partial charge in [-0.15, -0.1) is 0 Å². The number of hydrogen-bond acceptors (Lipinski definition) is 3. The molecule has 2 heterocycles. The molecule has 0 spiro atoms. The average Bonchev–Trinajstić information content (AvgIpc) is 3.49. The normalized spacial score (nSPS) is 12.7. The Bertz CT molecular complexity index is 2870. The van der Waals surface area contributed by atoms with Crippen LogP contribution in [-0.4, -0.2) is 15.0 Å². The molecule has 0 atom stereocenters. The molecule has 9 aromatic rings. The molecule has 0 saturated heterocycles. The summed E-state index contributed by atoms with van der Waals surface area (Å²) in [7, 11) is 0. The number of benzene rings is 7. The molecule has 260 valence electrons. The summed E-state index contributed by atoms with van der Waals surface area (Å²) >= 11 is 0. The fraction of sp³-hybridized carbons (Fsp3) is 0.0577. The van der Waals surface area contributed by atoms with Gasteiger partial charge in [-0.3, -0.25) is 4.98 Å². The molecule has 1 aliphatic carbocycles. The van der Waals surface area contributed by atoms with E-state index in [4.69, 9.17) is 15.0 Å². The van der Waals surface area contributed by atoms with E-state index in [0.29, 0.717) is 5.82 Å². The molecule has 55 heavy (non-hydrogen) atoms. The van der Waals surface area contributed by atoms with E-state index >= 15 is 0 Å². The van der Waals surface area contributed by atoms with Crippen LogP contribution >= 0.6 is 0 Å². The number of aromatic nitrogens is 3. The molecule has 0 N–H and O–H groups in total. The molecule has 0 fully saturated rings. The van der Waals surface area contributed by atoms with Gasteiger partial charge in [0, 0.05) is 33.9 Å². The van der Waals surface area contributed by atoms with Crippen molar-refractivity contribution >= 4 is 10.8 Å². The van der Waals surface area contributed by atoms with E-state index in [2.05, 4.69) is 159 Å². The minimum absolute atomic E-state index is 0.109. The summed E-state index contributed by atoms with van der Waals surface area (Å²) in [6.45, 7) is 4.74. The van der Waals surface area contributed by atoms with Crippen LogP contribution in [0.3, 0.4) is 0 Å². The smallest absolute Gasteiger partial charge is 0.160 e. The standard InChI is InChI=1S/C52H37N3/c1-52(2)46-31-40(24-26-44(46)45-27-23-34-13-9-10-22-43(34)50(45)52)38-19-11-18-37(29-38)39-20-12-21-41(30-39)48-32-49(55-51(54-48)36-16-7-4-8-17-36)42-25-28-47(53-33-42)35-14-5-3-6-15-35/h3-33H,1-2H3. The topological polar surface area (TPSA) is 38.7 Å². The molecule has 0 amide bonds. The Morgan fingerprint density at radius 3 is 1.65 bits per heavy atom. The Balaban J connectivity index is 1.01. The SMILES string of the molecule is CC1(C)c2cc(-c3cccc(-c4cccc(-c5cc(-c6ccc(-c7ccccc7)nc6)nc(-c6ccccc6)n5)c4)c3)ccc2-c2ccc3ccccc3c21. The molecule has 3 nitrogen and oxygen atoms in total. The predicted molar refractivity (Wildman–Crippen MR) is 228 cm³/mol. The number of pyridine rings is 1. The second-order valence-electron chi connectivity index (χ2n) is 14.9. The van der Waals surface area contributed by atoms with Crippen molar-refractivity contribution in [3.8, 4) is 78.5 Å². The highest BCUT2D eigenvalue weighted by atomic mass is 14.9. The summed E-state index contributed by atoms with van der Waals surface area (Å²) in [6.07, 6.45) is 1.91. The zero-order valence-corrected chi connectivity index (χ0v) is 30.7. The van der Waals surface area contributed by atoms with Crippen LogP contribution < -0.4 is 0 Å². The first-order valence-corrected chi connectivity index (χ1v) is 18.8. The maximum absolute atomic E-state index is 5.12. The number of rotatable bonds is 6. The summed E-state index contributed by atoms with van der Waals surface area (Å²) in [5, 5.41) is 2.63. The third-order valence-electron chi connectivity index (χ3n) is 11.1. The van der Waals surface area contributed by atoms with Gasteiger partial charge in [-0.2, -0.15) is 0 Å². The van der Waals surface area contributed by atoms with E-state index < -0.39 is 0 Å². The Labute approximate surface area is 321 Å². The molecular formula is C52H37N3. The van der Waals surface area contributed by atoms with Gasteiger partial charge in [-0.25, -0.2) is 9.97 Å². The van der Waals surface area contributed by atoms with Gasteiger partial charge in [-0.1, -0.05) is 159 Å². The van der Waals surface area contributed by atoms with Gasteiger partial charge >= 0.3 is 0 Å². The van der Waals surface area contributed by atoms with Gasteiger partial charge in [0.2, 0.25) is 0 Å². The second kappa shape index (κ2) is 13.2. The van der Waals surface area contributed by atoms with E-state index in [9.17, 15) is 0 Å². The number of fused-ring (bicyclic) bond motifs is 5. The second-order valence-corrected chi connectivity index (χ2v) is 14.9. The average molecular weight is 704 g/mol. The number of nitrogens with zero attached hydrogens (tertiary/aromatic N) is 3. The Morgan fingerprint density at radius 1 is 0.382 bits per heavy atom. The first-order chi connectivity index (χ1) is 27.0. The summed E-state index contributed by atoms with van der Waals surface area (Å²) in [5.74, 6) is 0.683.